The molecule has 3 aromatic rings. The summed E-state index contributed by atoms with van der Waals surface area (Å²) in [6.45, 7) is 9.48. The largest absolute Gasteiger partial charge is 0.444 e. The van der Waals surface area contributed by atoms with Gasteiger partial charge in [0.25, 0.3) is 0 Å². The Morgan fingerprint density at radius 1 is 1.22 bits per heavy atom. The van der Waals surface area contributed by atoms with Crippen molar-refractivity contribution in [1.82, 2.24) is 9.55 Å². The molecule has 3 rings (SSSR count). The van der Waals surface area contributed by atoms with Crippen LogP contribution in [0, 0.1) is 0 Å². The second kappa shape index (κ2) is 7.45. The van der Waals surface area contributed by atoms with Crippen LogP contribution in [0.2, 0.25) is 0 Å². The van der Waals surface area contributed by atoms with Gasteiger partial charge in [-0.25, -0.2) is 9.79 Å². The van der Waals surface area contributed by atoms with Gasteiger partial charge in [0, 0.05) is 29.7 Å². The quantitative estimate of drug-likeness (QED) is 0.669. The van der Waals surface area contributed by atoms with E-state index in [4.69, 9.17) is 4.74 Å². The van der Waals surface area contributed by atoms with Crippen LogP contribution in [0.1, 0.15) is 26.3 Å². The summed E-state index contributed by atoms with van der Waals surface area (Å²) in [5.74, 6) is 0.592. The second-order valence-corrected chi connectivity index (χ2v) is 7.04. The number of amides is 1. The van der Waals surface area contributed by atoms with Gasteiger partial charge in [-0.3, -0.25) is 10.3 Å². The number of aliphatic imine (C=N–C) groups is 1. The van der Waals surface area contributed by atoms with E-state index in [1.54, 1.807) is 30.7 Å². The fourth-order valence-corrected chi connectivity index (χ4v) is 2.48. The highest BCUT2D eigenvalue weighted by molar-refractivity contribution is 5.88. The fraction of sp³-hybridized carbons (Fsp3) is 0.190. The van der Waals surface area contributed by atoms with Crippen molar-refractivity contribution in [3.8, 4) is 0 Å². The molecule has 2 heterocycles. The average Bonchev–Trinajstić information content (AvgIpc) is 3.03. The summed E-state index contributed by atoms with van der Waals surface area (Å²) in [6.07, 6.45) is 6.70. The first-order valence-corrected chi connectivity index (χ1v) is 8.56. The molecule has 1 amide bonds. The molecular weight excluding hydrogens is 340 g/mol. The molecule has 0 saturated carbocycles. The van der Waals surface area contributed by atoms with Crippen molar-refractivity contribution in [2.45, 2.75) is 26.4 Å². The third kappa shape index (κ3) is 4.82. The Kier molecular flexibility index (Phi) is 5.07. The van der Waals surface area contributed by atoms with Gasteiger partial charge in [-0.05, 0) is 50.6 Å². The molecule has 0 unspecified atom stereocenters. The number of fused-ring (bicyclic) bond motifs is 1. The predicted octanol–water partition coefficient (Wildman–Crippen LogP) is 4.93. The minimum Gasteiger partial charge on any atom is -0.444 e. The highest BCUT2D eigenvalue weighted by Crippen LogP contribution is 2.18. The molecule has 0 saturated heterocycles. The van der Waals surface area contributed by atoms with Gasteiger partial charge in [0.1, 0.15) is 11.4 Å². The van der Waals surface area contributed by atoms with E-state index < -0.39 is 11.7 Å². The Balaban J connectivity index is 1.65. The highest BCUT2D eigenvalue weighted by Gasteiger charge is 2.15. The number of nitrogens with zero attached hydrogens (tertiary/aromatic N) is 3. The van der Waals surface area contributed by atoms with Gasteiger partial charge in [-0.1, -0.05) is 18.7 Å². The first-order chi connectivity index (χ1) is 12.8. The molecule has 0 fully saturated rings. The number of nitrogens with one attached hydrogen (secondary N) is 1. The zero-order valence-electron chi connectivity index (χ0n) is 15.6. The Labute approximate surface area is 158 Å². The topological polar surface area (TPSA) is 68.5 Å². The SMILES string of the molecule is C=C(N=Cc1ccc(NC(=O)OC(C)(C)C)cc1)n1ccc2ccncc21. The minimum atomic E-state index is -0.533. The van der Waals surface area contributed by atoms with E-state index in [0.29, 0.717) is 11.5 Å². The lowest BCUT2D eigenvalue weighted by atomic mass is 10.2. The van der Waals surface area contributed by atoms with Crippen molar-refractivity contribution in [2.75, 3.05) is 5.32 Å². The van der Waals surface area contributed by atoms with Crippen LogP contribution < -0.4 is 5.32 Å². The lowest BCUT2D eigenvalue weighted by Crippen LogP contribution is -2.27. The number of hydrogen-bond donors (Lipinski definition) is 1. The summed E-state index contributed by atoms with van der Waals surface area (Å²) in [6, 6.07) is 11.2. The zero-order valence-corrected chi connectivity index (χ0v) is 15.6. The highest BCUT2D eigenvalue weighted by atomic mass is 16.6. The molecular formula is C21H22N4O2. The maximum atomic E-state index is 11.8. The van der Waals surface area contributed by atoms with Crippen LogP contribution in [0.5, 0.6) is 0 Å². The normalized spacial score (nSPS) is 11.7. The fourth-order valence-electron chi connectivity index (χ4n) is 2.48. The Bertz CT molecular complexity index is 995. The Morgan fingerprint density at radius 2 is 1.96 bits per heavy atom. The minimum absolute atomic E-state index is 0.481. The number of ether oxygens (including phenoxy) is 1. The molecule has 0 aliphatic rings. The first-order valence-electron chi connectivity index (χ1n) is 8.56. The van der Waals surface area contributed by atoms with Crippen LogP contribution >= 0.6 is 0 Å². The number of rotatable bonds is 4. The molecule has 6 nitrogen and oxygen atoms in total. The van der Waals surface area contributed by atoms with Gasteiger partial charge in [-0.2, -0.15) is 0 Å². The van der Waals surface area contributed by atoms with Crippen LogP contribution in [-0.4, -0.2) is 27.5 Å². The van der Waals surface area contributed by atoms with E-state index in [2.05, 4.69) is 21.9 Å². The van der Waals surface area contributed by atoms with Crippen LogP contribution in [-0.2, 0) is 4.74 Å². The molecule has 27 heavy (non-hydrogen) atoms. The lowest BCUT2D eigenvalue weighted by Gasteiger charge is -2.19. The number of aromatic nitrogens is 2. The number of hydrogen-bond acceptors (Lipinski definition) is 4. The standard InChI is InChI=1S/C21H22N4O2/c1-15(25-12-10-17-9-11-22-14-19(17)25)23-13-16-5-7-18(8-6-16)24-20(26)27-21(2,3)4/h5-14H,1H2,2-4H3,(H,24,26). The second-order valence-electron chi connectivity index (χ2n) is 7.04. The van der Waals surface area contributed by atoms with E-state index >= 15 is 0 Å². The predicted molar refractivity (Wildman–Crippen MR) is 109 cm³/mol. The van der Waals surface area contributed by atoms with Crippen molar-refractivity contribution < 1.29 is 9.53 Å². The summed E-state index contributed by atoms with van der Waals surface area (Å²) in [5, 5.41) is 3.78. The third-order valence-corrected chi connectivity index (χ3v) is 3.69. The Hall–Kier alpha value is -3.41. The van der Waals surface area contributed by atoms with Crippen LogP contribution in [0.4, 0.5) is 10.5 Å². The number of pyridine rings is 1. The molecule has 0 radical (unpaired) electrons. The smallest absolute Gasteiger partial charge is 0.412 e. The number of benzene rings is 1. The van der Waals surface area contributed by atoms with Gasteiger partial charge in [0.15, 0.2) is 0 Å². The van der Waals surface area contributed by atoms with Crippen molar-refractivity contribution in [3.05, 3.63) is 67.1 Å². The maximum Gasteiger partial charge on any atom is 0.412 e. The van der Waals surface area contributed by atoms with Crippen molar-refractivity contribution in [2.24, 2.45) is 4.99 Å². The molecule has 0 aliphatic carbocycles. The monoisotopic (exact) mass is 362 g/mol. The summed E-state index contributed by atoms with van der Waals surface area (Å²) >= 11 is 0. The van der Waals surface area contributed by atoms with Crippen LogP contribution in [0.15, 0.2) is 66.6 Å². The Morgan fingerprint density at radius 3 is 2.67 bits per heavy atom. The molecule has 0 aliphatic heterocycles. The summed E-state index contributed by atoms with van der Waals surface area (Å²) < 4.78 is 7.12. The van der Waals surface area contributed by atoms with Gasteiger partial charge in [0.05, 0.1) is 11.7 Å². The number of carbonyl (C=O) groups excluding carboxylic acids is 1. The first kappa shape index (κ1) is 18.4. The van der Waals surface area contributed by atoms with Gasteiger partial charge in [-0.15, -0.1) is 0 Å². The van der Waals surface area contributed by atoms with Gasteiger partial charge < -0.3 is 9.30 Å². The average molecular weight is 362 g/mol. The van der Waals surface area contributed by atoms with E-state index in [1.807, 2.05) is 55.8 Å². The molecule has 0 bridgehead atoms. The van der Waals surface area contributed by atoms with E-state index in [9.17, 15) is 4.79 Å². The lowest BCUT2D eigenvalue weighted by molar-refractivity contribution is 0.0636. The number of anilines is 1. The molecule has 6 heteroatoms. The van der Waals surface area contributed by atoms with E-state index in [-0.39, 0.29) is 0 Å². The van der Waals surface area contributed by atoms with Crippen LogP contribution in [0.3, 0.4) is 0 Å². The van der Waals surface area contributed by atoms with E-state index in [0.717, 1.165) is 16.5 Å². The third-order valence-electron chi connectivity index (χ3n) is 3.69. The molecule has 2 aromatic heterocycles. The zero-order chi connectivity index (χ0) is 19.4. The van der Waals surface area contributed by atoms with Crippen molar-refractivity contribution in [1.29, 1.82) is 0 Å². The van der Waals surface area contributed by atoms with Crippen LogP contribution in [0.25, 0.3) is 16.7 Å². The van der Waals surface area contributed by atoms with Gasteiger partial charge in [0.2, 0.25) is 0 Å². The van der Waals surface area contributed by atoms with Gasteiger partial charge >= 0.3 is 6.09 Å². The maximum absolute atomic E-state index is 11.8. The van der Waals surface area contributed by atoms with Crippen molar-refractivity contribution >= 4 is 34.7 Å². The molecule has 0 atom stereocenters. The molecule has 0 spiro atoms. The molecule has 1 N–H and O–H groups in total. The number of carbonyl (C=O) groups is 1. The molecule has 138 valence electrons. The summed E-state index contributed by atoms with van der Waals surface area (Å²) in [7, 11) is 0. The summed E-state index contributed by atoms with van der Waals surface area (Å²) in [4.78, 5) is 20.4. The van der Waals surface area contributed by atoms with Crippen molar-refractivity contribution in [3.63, 3.8) is 0 Å². The molecule has 1 aromatic carbocycles. The summed E-state index contributed by atoms with van der Waals surface area (Å²) in [5.41, 5.74) is 1.97. The van der Waals surface area contributed by atoms with E-state index in [1.165, 1.54) is 0 Å².